The quantitative estimate of drug-likeness (QED) is 0.667. The minimum Gasteiger partial charge on any atom is -0.397 e. The van der Waals surface area contributed by atoms with Gasteiger partial charge in [0.25, 0.3) is 10.0 Å². The van der Waals surface area contributed by atoms with Crippen molar-refractivity contribution in [2.45, 2.75) is 4.90 Å². The summed E-state index contributed by atoms with van der Waals surface area (Å²) in [7, 11) is -3.84. The van der Waals surface area contributed by atoms with Crippen molar-refractivity contribution >= 4 is 44.9 Å². The lowest BCUT2D eigenvalue weighted by molar-refractivity contribution is 0.601. The highest BCUT2D eigenvalue weighted by molar-refractivity contribution is 7.92. The lowest BCUT2D eigenvalue weighted by Gasteiger charge is -2.07. The van der Waals surface area contributed by atoms with E-state index >= 15 is 0 Å². The van der Waals surface area contributed by atoms with Gasteiger partial charge in [0.05, 0.1) is 15.6 Å². The van der Waals surface area contributed by atoms with Crippen molar-refractivity contribution in [2.24, 2.45) is 0 Å². The second kappa shape index (κ2) is 5.20. The molecule has 2 aromatic rings. The Morgan fingerprint density at radius 1 is 1.21 bits per heavy atom. The van der Waals surface area contributed by atoms with Gasteiger partial charge in [-0.1, -0.05) is 23.2 Å². The smallest absolute Gasteiger partial charge is 0.264 e. The first-order valence-electron chi connectivity index (χ1n) is 4.95. The second-order valence-corrected chi connectivity index (χ2v) is 5.97. The maximum Gasteiger partial charge on any atom is 0.264 e. The molecule has 0 amide bonds. The lowest BCUT2D eigenvalue weighted by atomic mass is 10.3. The van der Waals surface area contributed by atoms with Crippen LogP contribution in [0.25, 0.3) is 0 Å². The van der Waals surface area contributed by atoms with Crippen LogP contribution in [0.5, 0.6) is 0 Å². The number of rotatable bonds is 3. The van der Waals surface area contributed by atoms with Crippen LogP contribution in [0.3, 0.4) is 0 Å². The molecule has 6 nitrogen and oxygen atoms in total. The number of nitrogens with zero attached hydrogens (tertiary/aromatic N) is 2. The van der Waals surface area contributed by atoms with E-state index in [9.17, 15) is 8.42 Å². The molecule has 0 saturated heterocycles. The van der Waals surface area contributed by atoms with E-state index in [1.807, 2.05) is 0 Å². The summed E-state index contributed by atoms with van der Waals surface area (Å²) in [5.74, 6) is -0.124. The minimum atomic E-state index is -3.84. The van der Waals surface area contributed by atoms with Crippen molar-refractivity contribution in [1.82, 2.24) is 9.97 Å². The average Bonchev–Trinajstić information content (AvgIpc) is 2.32. The highest BCUT2D eigenvalue weighted by atomic mass is 35.5. The van der Waals surface area contributed by atoms with Gasteiger partial charge >= 0.3 is 0 Å². The molecule has 0 aliphatic rings. The Kier molecular flexibility index (Phi) is 3.79. The van der Waals surface area contributed by atoms with E-state index in [0.717, 1.165) is 0 Å². The van der Waals surface area contributed by atoms with Crippen LogP contribution in [-0.4, -0.2) is 18.4 Å². The molecule has 0 radical (unpaired) electrons. The van der Waals surface area contributed by atoms with Gasteiger partial charge in [0.1, 0.15) is 5.15 Å². The number of hydrogen-bond acceptors (Lipinski definition) is 5. The Bertz CT molecular complexity index is 721. The molecule has 0 saturated carbocycles. The summed E-state index contributed by atoms with van der Waals surface area (Å²) in [6, 6.07) is 5.39. The first-order valence-corrected chi connectivity index (χ1v) is 7.19. The number of nitrogen functional groups attached to an aromatic ring is 1. The molecule has 9 heteroatoms. The molecular weight excluding hydrogens is 311 g/mol. The number of aromatic nitrogens is 2. The Morgan fingerprint density at radius 3 is 2.58 bits per heavy atom. The lowest BCUT2D eigenvalue weighted by Crippen LogP contribution is -2.15. The summed E-state index contributed by atoms with van der Waals surface area (Å²) in [6.45, 7) is 0. The maximum absolute atomic E-state index is 12.0. The van der Waals surface area contributed by atoms with Gasteiger partial charge < -0.3 is 5.73 Å². The zero-order valence-corrected chi connectivity index (χ0v) is 11.7. The van der Waals surface area contributed by atoms with Gasteiger partial charge in [0.15, 0.2) is 0 Å². The van der Waals surface area contributed by atoms with E-state index < -0.39 is 10.0 Å². The maximum atomic E-state index is 12.0. The van der Waals surface area contributed by atoms with Crippen LogP contribution in [0, 0.1) is 0 Å². The van der Waals surface area contributed by atoms with E-state index in [4.69, 9.17) is 28.9 Å². The van der Waals surface area contributed by atoms with Crippen molar-refractivity contribution in [1.29, 1.82) is 0 Å². The van der Waals surface area contributed by atoms with Crippen LogP contribution in [0.1, 0.15) is 0 Å². The topological polar surface area (TPSA) is 98.0 Å². The fourth-order valence-corrected chi connectivity index (χ4v) is 2.49. The van der Waals surface area contributed by atoms with Gasteiger partial charge in [-0.3, -0.25) is 0 Å². The molecule has 2 rings (SSSR count). The molecule has 0 aliphatic carbocycles. The minimum absolute atomic E-state index is 0.0435. The van der Waals surface area contributed by atoms with Crippen LogP contribution in [-0.2, 0) is 10.0 Å². The normalized spacial score (nSPS) is 11.3. The predicted octanol–water partition coefficient (Wildman–Crippen LogP) is 2.17. The standard InChI is InChI=1S/C10H8Cl2N4O2S/c11-7-2-1-6(5-8(7)13)19(17,18)16-10-14-4-3-9(12)15-10/h1-5H,13H2,(H,14,15,16). The van der Waals surface area contributed by atoms with E-state index in [1.165, 1.54) is 30.5 Å². The summed E-state index contributed by atoms with van der Waals surface area (Å²) in [6.07, 6.45) is 1.34. The molecule has 0 atom stereocenters. The van der Waals surface area contributed by atoms with E-state index in [1.54, 1.807) is 0 Å². The number of benzene rings is 1. The third-order valence-electron chi connectivity index (χ3n) is 2.13. The number of hydrogen-bond donors (Lipinski definition) is 2. The molecule has 0 unspecified atom stereocenters. The average molecular weight is 319 g/mol. The van der Waals surface area contributed by atoms with Crippen molar-refractivity contribution in [2.75, 3.05) is 10.5 Å². The van der Waals surface area contributed by atoms with E-state index in [2.05, 4.69) is 14.7 Å². The summed E-state index contributed by atoms with van der Waals surface area (Å²) in [4.78, 5) is 7.43. The monoisotopic (exact) mass is 318 g/mol. The van der Waals surface area contributed by atoms with Gasteiger partial charge in [-0.15, -0.1) is 0 Å². The third kappa shape index (κ3) is 3.25. The van der Waals surface area contributed by atoms with Crippen LogP contribution >= 0.6 is 23.2 Å². The van der Waals surface area contributed by atoms with Gasteiger partial charge in [0.2, 0.25) is 5.95 Å². The van der Waals surface area contributed by atoms with Gasteiger partial charge in [-0.05, 0) is 24.3 Å². The first-order chi connectivity index (χ1) is 8.88. The SMILES string of the molecule is Nc1cc(S(=O)(=O)Nc2nccc(Cl)n2)ccc1Cl. The first kappa shape index (κ1) is 13.9. The summed E-state index contributed by atoms with van der Waals surface area (Å²) in [5, 5.41) is 0.404. The van der Waals surface area contributed by atoms with Gasteiger partial charge in [-0.25, -0.2) is 23.1 Å². The molecule has 0 aliphatic heterocycles. The fraction of sp³-hybridized carbons (Fsp3) is 0. The molecule has 19 heavy (non-hydrogen) atoms. The van der Waals surface area contributed by atoms with Gasteiger partial charge in [-0.2, -0.15) is 0 Å². The molecule has 3 N–H and O–H groups in total. The molecule has 0 spiro atoms. The predicted molar refractivity (Wildman–Crippen MR) is 73.7 cm³/mol. The molecule has 0 fully saturated rings. The van der Waals surface area contributed by atoms with Crippen LogP contribution < -0.4 is 10.5 Å². The van der Waals surface area contributed by atoms with Crippen LogP contribution in [0.15, 0.2) is 35.4 Å². The largest absolute Gasteiger partial charge is 0.397 e. The van der Waals surface area contributed by atoms with Gasteiger partial charge in [0, 0.05) is 6.20 Å². The summed E-state index contributed by atoms with van der Waals surface area (Å²) < 4.78 is 26.3. The number of nitrogens with one attached hydrogen (secondary N) is 1. The summed E-state index contributed by atoms with van der Waals surface area (Å²) in [5.41, 5.74) is 5.72. The highest BCUT2D eigenvalue weighted by Crippen LogP contribution is 2.23. The second-order valence-electron chi connectivity index (χ2n) is 3.49. The molecular formula is C10H8Cl2N4O2S. The Morgan fingerprint density at radius 2 is 1.95 bits per heavy atom. The fourth-order valence-electron chi connectivity index (χ4n) is 1.25. The van der Waals surface area contributed by atoms with Crippen LogP contribution in [0.4, 0.5) is 11.6 Å². The van der Waals surface area contributed by atoms with E-state index in [-0.39, 0.29) is 26.7 Å². The Balaban J connectivity index is 2.35. The van der Waals surface area contributed by atoms with Crippen molar-refractivity contribution in [3.05, 3.63) is 40.6 Å². The number of nitrogens with two attached hydrogens (primary N) is 1. The molecule has 1 aromatic heterocycles. The van der Waals surface area contributed by atoms with E-state index in [0.29, 0.717) is 0 Å². The molecule has 100 valence electrons. The van der Waals surface area contributed by atoms with Crippen molar-refractivity contribution < 1.29 is 8.42 Å². The number of anilines is 2. The molecule has 1 aromatic carbocycles. The number of halogens is 2. The zero-order valence-electron chi connectivity index (χ0n) is 9.34. The van der Waals surface area contributed by atoms with Crippen molar-refractivity contribution in [3.63, 3.8) is 0 Å². The van der Waals surface area contributed by atoms with Crippen molar-refractivity contribution in [3.8, 4) is 0 Å². The molecule has 1 heterocycles. The zero-order chi connectivity index (χ0) is 14.0. The number of sulfonamides is 1. The molecule has 0 bridgehead atoms. The Labute approximate surface area is 119 Å². The highest BCUT2D eigenvalue weighted by Gasteiger charge is 2.16. The van der Waals surface area contributed by atoms with Crippen LogP contribution in [0.2, 0.25) is 10.2 Å². The Hall–Kier alpha value is -1.57. The third-order valence-corrected chi connectivity index (χ3v) is 4.01. The summed E-state index contributed by atoms with van der Waals surface area (Å²) >= 11 is 11.4.